The van der Waals surface area contributed by atoms with Crippen molar-refractivity contribution in [1.82, 2.24) is 0 Å². The van der Waals surface area contributed by atoms with Crippen molar-refractivity contribution in [1.29, 1.82) is 0 Å². The van der Waals surface area contributed by atoms with Crippen molar-refractivity contribution in [2.24, 2.45) is 0 Å². The Morgan fingerprint density at radius 3 is 2.86 bits per heavy atom. The monoisotopic (exact) mass is 298 g/mol. The number of Topliss-reactive ketones (excluding diaryl/α,β-unsaturated/α-hetero) is 1. The Labute approximate surface area is 128 Å². The number of carbonyl (C=O) groups is 1. The number of ether oxygens (including phenoxy) is 1. The van der Waals surface area contributed by atoms with E-state index in [-0.39, 0.29) is 11.9 Å². The van der Waals surface area contributed by atoms with Crippen molar-refractivity contribution < 1.29 is 13.9 Å². The Morgan fingerprint density at radius 2 is 2.18 bits per heavy atom. The molecular weight excluding hydrogens is 280 g/mol. The third kappa shape index (κ3) is 2.69. The zero-order chi connectivity index (χ0) is 15.7. The van der Waals surface area contributed by atoms with Gasteiger partial charge in [-0.15, -0.1) is 0 Å². The second-order valence-corrected chi connectivity index (χ2v) is 5.64. The van der Waals surface area contributed by atoms with Crippen molar-refractivity contribution in [3.63, 3.8) is 0 Å². The molecule has 0 bridgehead atoms. The van der Waals surface area contributed by atoms with E-state index in [1.165, 1.54) is 13.0 Å². The van der Waals surface area contributed by atoms with E-state index in [2.05, 4.69) is 6.08 Å². The lowest BCUT2D eigenvalue weighted by Gasteiger charge is -2.20. The molecule has 1 aromatic carbocycles. The summed E-state index contributed by atoms with van der Waals surface area (Å²) in [5.74, 6) is 0.305. The lowest BCUT2D eigenvalue weighted by atomic mass is 10.0. The zero-order valence-electron chi connectivity index (χ0n) is 12.7. The van der Waals surface area contributed by atoms with Crippen LogP contribution >= 0.6 is 0 Å². The van der Waals surface area contributed by atoms with Gasteiger partial charge >= 0.3 is 5.63 Å². The molecule has 4 nitrogen and oxygen atoms in total. The highest BCUT2D eigenvalue weighted by atomic mass is 16.5. The fourth-order valence-corrected chi connectivity index (χ4v) is 2.84. The van der Waals surface area contributed by atoms with Crippen LogP contribution in [0.5, 0.6) is 5.75 Å². The minimum Gasteiger partial charge on any atom is -0.485 e. The molecular formula is C18H18O4. The fourth-order valence-electron chi connectivity index (χ4n) is 2.84. The molecule has 1 heterocycles. The van der Waals surface area contributed by atoms with Gasteiger partial charge in [0, 0.05) is 11.5 Å². The third-order valence-electron chi connectivity index (χ3n) is 3.92. The van der Waals surface area contributed by atoms with Crippen LogP contribution in [-0.2, 0) is 0 Å². The van der Waals surface area contributed by atoms with E-state index in [4.69, 9.17) is 9.15 Å². The molecule has 3 rings (SSSR count). The average Bonchev–Trinajstić information content (AvgIpc) is 2.47. The van der Waals surface area contributed by atoms with Crippen LogP contribution in [0.1, 0.15) is 42.1 Å². The third-order valence-corrected chi connectivity index (χ3v) is 3.92. The van der Waals surface area contributed by atoms with Gasteiger partial charge in [-0.05, 0) is 56.9 Å². The van der Waals surface area contributed by atoms with E-state index in [0.717, 1.165) is 30.2 Å². The number of rotatable bonds is 3. The van der Waals surface area contributed by atoms with Gasteiger partial charge in [0.2, 0.25) is 0 Å². The molecule has 0 fully saturated rings. The minimum absolute atomic E-state index is 0.0409. The molecule has 0 amide bonds. The Hall–Kier alpha value is -2.36. The highest BCUT2D eigenvalue weighted by Crippen LogP contribution is 2.31. The number of fused-ring (bicyclic) bond motifs is 1. The molecule has 0 aliphatic heterocycles. The number of ketones is 1. The highest BCUT2D eigenvalue weighted by molar-refractivity contribution is 6.07. The Kier molecular flexibility index (Phi) is 3.84. The first-order valence-corrected chi connectivity index (χ1v) is 7.48. The molecule has 1 aliphatic rings. The molecule has 1 unspecified atom stereocenters. The van der Waals surface area contributed by atoms with Gasteiger partial charge in [-0.2, -0.15) is 0 Å². The van der Waals surface area contributed by atoms with Gasteiger partial charge in [0.25, 0.3) is 0 Å². The topological polar surface area (TPSA) is 56.5 Å². The SMILES string of the molecule is CC(=O)c1c(OC2C=CCCC2)ccc2c(C)cc(=O)oc12. The lowest BCUT2D eigenvalue weighted by molar-refractivity contribution is 0.101. The summed E-state index contributed by atoms with van der Waals surface area (Å²) in [5, 5.41) is 0.760. The molecule has 0 spiro atoms. The van der Waals surface area contributed by atoms with E-state index >= 15 is 0 Å². The molecule has 0 N–H and O–H groups in total. The lowest BCUT2D eigenvalue weighted by Crippen LogP contribution is -2.17. The number of aryl methyl sites for hydroxylation is 1. The first-order chi connectivity index (χ1) is 10.6. The van der Waals surface area contributed by atoms with Crippen molar-refractivity contribution >= 4 is 16.8 Å². The van der Waals surface area contributed by atoms with Crippen LogP contribution < -0.4 is 10.4 Å². The number of hydrogen-bond donors (Lipinski definition) is 0. The standard InChI is InChI=1S/C18H18O4/c1-11-10-16(20)22-18-14(11)8-9-15(17(18)12(2)19)21-13-6-4-3-5-7-13/h4,6,8-10,13H,3,5,7H2,1-2H3. The summed E-state index contributed by atoms with van der Waals surface area (Å²) in [4.78, 5) is 23.7. The van der Waals surface area contributed by atoms with E-state index in [9.17, 15) is 9.59 Å². The maximum absolute atomic E-state index is 12.1. The van der Waals surface area contributed by atoms with E-state index in [1.54, 1.807) is 6.07 Å². The Morgan fingerprint density at radius 1 is 1.36 bits per heavy atom. The van der Waals surface area contributed by atoms with Crippen molar-refractivity contribution in [2.75, 3.05) is 0 Å². The normalized spacial score (nSPS) is 17.6. The average molecular weight is 298 g/mol. The molecule has 2 aromatic rings. The van der Waals surface area contributed by atoms with Gasteiger partial charge in [-0.3, -0.25) is 4.79 Å². The quantitative estimate of drug-likeness (QED) is 0.491. The van der Waals surface area contributed by atoms with E-state index in [1.807, 2.05) is 19.1 Å². The molecule has 0 radical (unpaired) electrons. The van der Waals surface area contributed by atoms with Crippen LogP contribution in [0.4, 0.5) is 0 Å². The minimum atomic E-state index is -0.456. The molecule has 0 saturated carbocycles. The molecule has 4 heteroatoms. The van der Waals surface area contributed by atoms with Gasteiger partial charge in [-0.25, -0.2) is 4.79 Å². The van der Waals surface area contributed by atoms with Crippen molar-refractivity contribution in [3.8, 4) is 5.75 Å². The predicted molar refractivity (Wildman–Crippen MR) is 84.6 cm³/mol. The summed E-state index contributed by atoms with van der Waals surface area (Å²) >= 11 is 0. The summed E-state index contributed by atoms with van der Waals surface area (Å²) in [6.07, 6.45) is 7.12. The van der Waals surface area contributed by atoms with Crippen LogP contribution in [0, 0.1) is 6.92 Å². The summed E-state index contributed by atoms with van der Waals surface area (Å²) in [6.45, 7) is 3.29. The molecule has 22 heavy (non-hydrogen) atoms. The number of carbonyl (C=O) groups excluding carboxylic acids is 1. The molecule has 0 saturated heterocycles. The number of benzene rings is 1. The summed E-state index contributed by atoms with van der Waals surface area (Å²) in [6, 6.07) is 5.05. The predicted octanol–water partition coefficient (Wildman–Crippen LogP) is 3.79. The van der Waals surface area contributed by atoms with Crippen LogP contribution in [0.15, 0.2) is 39.6 Å². The van der Waals surface area contributed by atoms with Gasteiger partial charge in [-0.1, -0.05) is 6.08 Å². The second-order valence-electron chi connectivity index (χ2n) is 5.64. The highest BCUT2D eigenvalue weighted by Gasteiger charge is 2.20. The summed E-state index contributed by atoms with van der Waals surface area (Å²) < 4.78 is 11.3. The largest absolute Gasteiger partial charge is 0.485 e. The van der Waals surface area contributed by atoms with Crippen molar-refractivity contribution in [3.05, 3.63) is 51.9 Å². The molecule has 1 atom stereocenters. The smallest absolute Gasteiger partial charge is 0.336 e. The Bertz CT molecular complexity index is 814. The van der Waals surface area contributed by atoms with Crippen molar-refractivity contribution in [2.45, 2.75) is 39.2 Å². The van der Waals surface area contributed by atoms with E-state index < -0.39 is 5.63 Å². The van der Waals surface area contributed by atoms with Crippen LogP contribution in [-0.4, -0.2) is 11.9 Å². The van der Waals surface area contributed by atoms with Gasteiger partial charge in [0.1, 0.15) is 17.4 Å². The molecule has 1 aliphatic carbocycles. The number of allylic oxidation sites excluding steroid dienone is 1. The van der Waals surface area contributed by atoms with Gasteiger partial charge in [0.05, 0.1) is 0 Å². The summed E-state index contributed by atoms with van der Waals surface area (Å²) in [5.41, 5.74) is 0.993. The van der Waals surface area contributed by atoms with Crippen LogP contribution in [0.3, 0.4) is 0 Å². The maximum atomic E-state index is 12.1. The first kappa shape index (κ1) is 14.6. The second kappa shape index (κ2) is 5.79. The molecule has 114 valence electrons. The fraction of sp³-hybridized carbons (Fsp3) is 0.333. The number of hydrogen-bond acceptors (Lipinski definition) is 4. The first-order valence-electron chi connectivity index (χ1n) is 7.48. The van der Waals surface area contributed by atoms with Gasteiger partial charge in [0.15, 0.2) is 11.4 Å². The maximum Gasteiger partial charge on any atom is 0.336 e. The summed E-state index contributed by atoms with van der Waals surface area (Å²) in [7, 11) is 0. The molecule has 1 aromatic heterocycles. The zero-order valence-corrected chi connectivity index (χ0v) is 12.7. The Balaban J connectivity index is 2.16. The van der Waals surface area contributed by atoms with Gasteiger partial charge < -0.3 is 9.15 Å². The van der Waals surface area contributed by atoms with Crippen LogP contribution in [0.25, 0.3) is 11.0 Å². The van der Waals surface area contributed by atoms with E-state index in [0.29, 0.717) is 16.9 Å². The van der Waals surface area contributed by atoms with Crippen LogP contribution in [0.2, 0.25) is 0 Å².